The van der Waals surface area contributed by atoms with Crippen LogP contribution in [0.4, 0.5) is 4.39 Å². The predicted molar refractivity (Wildman–Crippen MR) is 91.4 cm³/mol. The number of hydrogen-bond donors (Lipinski definition) is 0. The lowest BCUT2D eigenvalue weighted by molar-refractivity contribution is -0.138. The van der Waals surface area contributed by atoms with E-state index in [0.717, 1.165) is 5.75 Å². The topological polar surface area (TPSA) is 54.0 Å². The Bertz CT molecular complexity index is 725. The quantitative estimate of drug-likeness (QED) is 0.416. The van der Waals surface area contributed by atoms with Gasteiger partial charge < -0.3 is 18.9 Å². The van der Waals surface area contributed by atoms with Gasteiger partial charge in [-0.05, 0) is 48.0 Å². The van der Waals surface area contributed by atoms with E-state index in [0.29, 0.717) is 11.3 Å². The highest BCUT2D eigenvalue weighted by atomic mass is 19.1. The summed E-state index contributed by atoms with van der Waals surface area (Å²) in [4.78, 5) is 11.6. The van der Waals surface area contributed by atoms with Crippen LogP contribution in [0.25, 0.3) is 6.08 Å². The molecule has 0 N–H and O–H groups in total. The van der Waals surface area contributed by atoms with Crippen LogP contribution in [0.5, 0.6) is 17.2 Å². The van der Waals surface area contributed by atoms with Gasteiger partial charge in [0.1, 0.15) is 24.7 Å². The molecule has 0 fully saturated rings. The summed E-state index contributed by atoms with van der Waals surface area (Å²) in [7, 11) is 2.97. The molecule has 0 aliphatic heterocycles. The molecular formula is C19H19FO5. The fourth-order valence-corrected chi connectivity index (χ4v) is 1.97. The third kappa shape index (κ3) is 5.84. The number of ether oxygens (including phenoxy) is 4. The van der Waals surface area contributed by atoms with Crippen molar-refractivity contribution in [3.05, 3.63) is 59.9 Å². The Morgan fingerprint density at radius 3 is 2.36 bits per heavy atom. The average Bonchev–Trinajstić information content (AvgIpc) is 2.64. The van der Waals surface area contributed by atoms with Gasteiger partial charge in [-0.3, -0.25) is 0 Å². The molecule has 0 unspecified atom stereocenters. The Labute approximate surface area is 145 Å². The van der Waals surface area contributed by atoms with Gasteiger partial charge in [-0.15, -0.1) is 0 Å². The summed E-state index contributed by atoms with van der Waals surface area (Å²) in [6, 6.07) is 11.5. The van der Waals surface area contributed by atoms with Gasteiger partial charge in [0.05, 0.1) is 14.2 Å². The van der Waals surface area contributed by atoms with E-state index in [9.17, 15) is 9.18 Å². The van der Waals surface area contributed by atoms with Crippen molar-refractivity contribution in [3.8, 4) is 17.2 Å². The van der Waals surface area contributed by atoms with Crippen LogP contribution in [0, 0.1) is 5.82 Å². The molecule has 0 aliphatic rings. The number of methoxy groups -OCH3 is 2. The van der Waals surface area contributed by atoms with Crippen LogP contribution in [0.3, 0.4) is 0 Å². The normalized spacial score (nSPS) is 10.5. The molecule has 0 aliphatic carbocycles. The lowest BCUT2D eigenvalue weighted by atomic mass is 10.2. The van der Waals surface area contributed by atoms with Gasteiger partial charge in [-0.2, -0.15) is 0 Å². The largest absolute Gasteiger partial charge is 0.497 e. The molecule has 0 saturated carbocycles. The van der Waals surface area contributed by atoms with Crippen LogP contribution in [-0.4, -0.2) is 33.4 Å². The molecule has 0 saturated heterocycles. The number of benzene rings is 2. The van der Waals surface area contributed by atoms with E-state index in [1.807, 2.05) is 0 Å². The van der Waals surface area contributed by atoms with Crippen LogP contribution in [0.15, 0.2) is 48.5 Å². The molecule has 0 spiro atoms. The number of carbonyl (C=O) groups excluding carboxylic acids is 1. The molecule has 132 valence electrons. The number of hydrogen-bond acceptors (Lipinski definition) is 5. The second-order valence-electron chi connectivity index (χ2n) is 4.92. The summed E-state index contributed by atoms with van der Waals surface area (Å²) < 4.78 is 33.9. The highest BCUT2D eigenvalue weighted by molar-refractivity contribution is 5.87. The molecule has 0 heterocycles. The second-order valence-corrected chi connectivity index (χ2v) is 4.92. The SMILES string of the molecule is COc1ccc(OCCOC(=O)/C=C/c2ccc(OC)c(F)c2)cc1. The van der Waals surface area contributed by atoms with Crippen molar-refractivity contribution >= 4 is 12.0 Å². The minimum absolute atomic E-state index is 0.103. The summed E-state index contributed by atoms with van der Waals surface area (Å²) in [6.45, 7) is 0.329. The molecule has 6 heteroatoms. The van der Waals surface area contributed by atoms with Gasteiger partial charge in [0, 0.05) is 6.08 Å². The fraction of sp³-hybridized carbons (Fsp3) is 0.211. The Morgan fingerprint density at radius 1 is 1.00 bits per heavy atom. The zero-order valence-electron chi connectivity index (χ0n) is 14.0. The molecular weight excluding hydrogens is 327 g/mol. The molecule has 2 rings (SSSR count). The Kier molecular flexibility index (Phi) is 6.83. The van der Waals surface area contributed by atoms with Crippen molar-refractivity contribution in [1.29, 1.82) is 0 Å². The van der Waals surface area contributed by atoms with Gasteiger partial charge in [-0.1, -0.05) is 6.07 Å². The lowest BCUT2D eigenvalue weighted by Crippen LogP contribution is -2.10. The highest BCUT2D eigenvalue weighted by Gasteiger charge is 2.03. The van der Waals surface area contributed by atoms with E-state index in [-0.39, 0.29) is 19.0 Å². The van der Waals surface area contributed by atoms with Gasteiger partial charge >= 0.3 is 5.97 Å². The minimum atomic E-state index is -0.533. The minimum Gasteiger partial charge on any atom is -0.497 e. The van der Waals surface area contributed by atoms with E-state index >= 15 is 0 Å². The number of carbonyl (C=O) groups is 1. The second kappa shape index (κ2) is 9.32. The third-order valence-electron chi connectivity index (χ3n) is 3.24. The van der Waals surface area contributed by atoms with Crippen molar-refractivity contribution in [2.45, 2.75) is 0 Å². The molecule has 0 amide bonds. The molecule has 0 atom stereocenters. The van der Waals surface area contributed by atoms with Gasteiger partial charge in [0.15, 0.2) is 11.6 Å². The molecule has 25 heavy (non-hydrogen) atoms. The average molecular weight is 346 g/mol. The van der Waals surface area contributed by atoms with E-state index in [2.05, 4.69) is 0 Å². The van der Waals surface area contributed by atoms with Gasteiger partial charge in [0.2, 0.25) is 0 Å². The smallest absolute Gasteiger partial charge is 0.330 e. The first-order chi connectivity index (χ1) is 12.1. The Morgan fingerprint density at radius 2 is 1.72 bits per heavy atom. The van der Waals surface area contributed by atoms with Crippen molar-refractivity contribution in [2.75, 3.05) is 27.4 Å². The molecule has 0 bridgehead atoms. The van der Waals surface area contributed by atoms with E-state index in [1.54, 1.807) is 37.4 Å². The predicted octanol–water partition coefficient (Wildman–Crippen LogP) is 3.48. The number of halogens is 1. The zero-order chi connectivity index (χ0) is 18.1. The Balaban J connectivity index is 1.73. The molecule has 0 aromatic heterocycles. The summed E-state index contributed by atoms with van der Waals surface area (Å²) >= 11 is 0. The first kappa shape index (κ1) is 18.3. The lowest BCUT2D eigenvalue weighted by Gasteiger charge is -2.07. The van der Waals surface area contributed by atoms with Crippen LogP contribution >= 0.6 is 0 Å². The van der Waals surface area contributed by atoms with Crippen molar-refractivity contribution in [3.63, 3.8) is 0 Å². The fourth-order valence-electron chi connectivity index (χ4n) is 1.97. The van der Waals surface area contributed by atoms with E-state index in [4.69, 9.17) is 18.9 Å². The highest BCUT2D eigenvalue weighted by Crippen LogP contribution is 2.18. The summed E-state index contributed by atoms with van der Waals surface area (Å²) in [5.74, 6) is 0.510. The van der Waals surface area contributed by atoms with Gasteiger partial charge in [0.25, 0.3) is 0 Å². The monoisotopic (exact) mass is 346 g/mol. The third-order valence-corrected chi connectivity index (χ3v) is 3.24. The van der Waals surface area contributed by atoms with Gasteiger partial charge in [-0.25, -0.2) is 9.18 Å². The summed E-state index contributed by atoms with van der Waals surface area (Å²) in [5, 5.41) is 0. The van der Waals surface area contributed by atoms with E-state index < -0.39 is 11.8 Å². The molecule has 5 nitrogen and oxygen atoms in total. The number of esters is 1. The number of rotatable bonds is 8. The summed E-state index contributed by atoms with van der Waals surface area (Å²) in [5.41, 5.74) is 0.532. The van der Waals surface area contributed by atoms with E-state index in [1.165, 1.54) is 31.4 Å². The van der Waals surface area contributed by atoms with Crippen molar-refractivity contribution in [1.82, 2.24) is 0 Å². The maximum absolute atomic E-state index is 13.5. The zero-order valence-corrected chi connectivity index (χ0v) is 14.0. The van der Waals surface area contributed by atoms with Crippen LogP contribution in [-0.2, 0) is 9.53 Å². The maximum Gasteiger partial charge on any atom is 0.330 e. The Hall–Kier alpha value is -3.02. The van der Waals surface area contributed by atoms with Crippen LogP contribution in [0.1, 0.15) is 5.56 Å². The maximum atomic E-state index is 13.5. The molecule has 0 radical (unpaired) electrons. The van der Waals surface area contributed by atoms with Crippen molar-refractivity contribution < 1.29 is 28.1 Å². The van der Waals surface area contributed by atoms with Crippen LogP contribution < -0.4 is 14.2 Å². The molecule has 2 aromatic rings. The first-order valence-electron chi connectivity index (χ1n) is 7.57. The van der Waals surface area contributed by atoms with Crippen molar-refractivity contribution in [2.24, 2.45) is 0 Å². The first-order valence-corrected chi connectivity index (χ1v) is 7.57. The summed E-state index contributed by atoms with van der Waals surface area (Å²) in [6.07, 6.45) is 2.70. The van der Waals surface area contributed by atoms with Crippen LogP contribution in [0.2, 0.25) is 0 Å². The molecule has 2 aromatic carbocycles. The standard InChI is InChI=1S/C19H19FO5/c1-22-15-5-7-16(8-6-15)24-11-12-25-19(21)10-4-14-3-9-18(23-2)17(20)13-14/h3-10,13H,11-12H2,1-2H3/b10-4+.